The molecular formula is C84H132F5N13O35P2. The summed E-state index contributed by atoms with van der Waals surface area (Å²) in [6.07, 6.45) is -19.5. The zero-order chi connectivity index (χ0) is 104. The van der Waals surface area contributed by atoms with Crippen molar-refractivity contribution in [3.05, 3.63) is 86.4 Å². The Kier molecular flexibility index (Phi) is 46.9. The molecule has 17 atom stereocenters. The lowest BCUT2D eigenvalue weighted by molar-refractivity contribution is -0.185. The van der Waals surface area contributed by atoms with Crippen LogP contribution in [-0.4, -0.2) is 300 Å². The molecule has 0 radical (unpaired) electrons. The third kappa shape index (κ3) is 33.9. The second kappa shape index (κ2) is 53.9. The summed E-state index contributed by atoms with van der Waals surface area (Å²) in [4.78, 5) is 114. The molecule has 0 aromatic carbocycles. The number of phosphoric acid groups is 2. The molecule has 0 aliphatic carbocycles. The monoisotopic (exact) mass is 2040 g/mol. The highest BCUT2D eigenvalue weighted by Gasteiger charge is 2.65. The molecule has 0 aromatic heterocycles. The molecular weight excluding hydrogens is 1910 g/mol. The topological polar surface area (TPSA) is 613 Å². The number of carbonyl (C=O) groups is 8. The van der Waals surface area contributed by atoms with Gasteiger partial charge in [-0.05, 0) is 93.4 Å². The van der Waals surface area contributed by atoms with Crippen LogP contribution in [0.5, 0.6) is 0 Å². The Morgan fingerprint density at radius 3 is 1.06 bits per heavy atom. The van der Waals surface area contributed by atoms with Crippen molar-refractivity contribution in [3.8, 4) is 0 Å². The average Bonchev–Trinajstić information content (AvgIpc) is 1.61. The number of nitrogens with two attached hydrogens (primary N) is 4. The molecule has 8 aliphatic heterocycles. The number of ether oxygens (including phenoxy) is 16. The quantitative estimate of drug-likeness (QED) is 0.00984. The Hall–Kier alpha value is -10.5. The molecule has 788 valence electrons. The number of rotatable bonds is 41. The number of amidine groups is 4. The molecule has 55 heteroatoms. The van der Waals surface area contributed by atoms with Crippen LogP contribution in [0, 0.1) is 23.7 Å². The van der Waals surface area contributed by atoms with Crippen LogP contribution < -0.4 is 22.9 Å². The van der Waals surface area contributed by atoms with Crippen LogP contribution in [-0.2, 0) is 131 Å². The fourth-order valence-electron chi connectivity index (χ4n) is 12.6. The van der Waals surface area contributed by atoms with Crippen LogP contribution in [0.4, 0.5) is 41.1 Å². The van der Waals surface area contributed by atoms with E-state index in [0.717, 1.165) is 21.7 Å². The number of nitrogens with zero attached hydrogens (tertiary/aromatic N) is 9. The average molecular weight is 2040 g/mol. The Morgan fingerprint density at radius 2 is 0.741 bits per heavy atom. The van der Waals surface area contributed by atoms with E-state index in [-0.39, 0.29) is 91.9 Å². The van der Waals surface area contributed by atoms with Crippen molar-refractivity contribution in [1.29, 1.82) is 0 Å². The Balaban J connectivity index is 0.000000390. The number of aliphatic imine (C=N–C) groups is 4. The number of aliphatic hydroxyl groups is 3. The van der Waals surface area contributed by atoms with Crippen molar-refractivity contribution < 1.29 is 188 Å². The van der Waals surface area contributed by atoms with E-state index in [2.05, 4.69) is 70.3 Å². The van der Waals surface area contributed by atoms with Gasteiger partial charge in [0, 0.05) is 31.6 Å². The Labute approximate surface area is 801 Å². The molecule has 48 nitrogen and oxygen atoms in total. The summed E-state index contributed by atoms with van der Waals surface area (Å²) in [6, 6.07) is 0. The number of aliphatic hydroxyl groups excluding tert-OH is 3. The van der Waals surface area contributed by atoms with E-state index in [4.69, 9.17) is 107 Å². The highest BCUT2D eigenvalue weighted by atomic mass is 31.2. The smallest absolute Gasteiger partial charge is 0.462 e. The van der Waals surface area contributed by atoms with Crippen LogP contribution in [0.2, 0.25) is 0 Å². The van der Waals surface area contributed by atoms with E-state index < -0.39 is 256 Å². The van der Waals surface area contributed by atoms with Crippen molar-refractivity contribution in [3.63, 3.8) is 0 Å². The molecule has 11 N–H and O–H groups in total. The van der Waals surface area contributed by atoms with Gasteiger partial charge < -0.3 is 129 Å². The minimum Gasteiger partial charge on any atom is -0.462 e. The number of hydrazone groups is 1. The van der Waals surface area contributed by atoms with E-state index >= 15 is 17.6 Å². The van der Waals surface area contributed by atoms with Crippen molar-refractivity contribution in [2.75, 3.05) is 60.2 Å². The highest BCUT2D eigenvalue weighted by molar-refractivity contribution is 7.48. The molecule has 8 heterocycles. The molecule has 0 bridgehead atoms. The number of esters is 4. The summed E-state index contributed by atoms with van der Waals surface area (Å²) < 4.78 is 216. The normalized spacial score (nSPS) is 26.8. The predicted molar refractivity (Wildman–Crippen MR) is 481 cm³/mol. The van der Waals surface area contributed by atoms with Gasteiger partial charge in [0.15, 0.2) is 67.4 Å². The lowest BCUT2D eigenvalue weighted by Gasteiger charge is -2.35. The minimum atomic E-state index is -4.88. The van der Waals surface area contributed by atoms with E-state index in [0.29, 0.717) is 0 Å². The van der Waals surface area contributed by atoms with Crippen molar-refractivity contribution in [2.45, 2.75) is 285 Å². The number of alkyl halides is 5. The zero-order valence-electron chi connectivity index (χ0n) is 80.0. The summed E-state index contributed by atoms with van der Waals surface area (Å²) in [5.41, 5.74) is 15.3. The van der Waals surface area contributed by atoms with Gasteiger partial charge in [-0.1, -0.05) is 103 Å². The SMILES string of the molecule is C.C=C1N=C(N)C=CN1[C@@H]1O[C@@](COP(=O)(OCOC(=O)OC(C)C)OCOC(=O)OC(C)C)(C(C)F)[C@@H](O)[C@H]1F.C=C1N=C(N)C=CN1[C@@H]1O[C@](CC)(COC(=O)C(C)C)[C@@H](OC(=O)C(C)C)[C@H]1F.C=C1N=C(N)C=CN1[C@@H]1O[C@](CCO)(COP(=O)(OCOC(=O)OC(C)C)OCOC(=O)OC(C)C)[C@@H](O)[C@H]1F.C=C1N=C(N)C=NN1[C@@H]1O[C@](CC)(COC(=O)C(C)C)[C@@H](OC(=O)C(C)C)[C@H]1F. The zero-order valence-corrected chi connectivity index (χ0v) is 81.8. The standard InChI is InChI=1S/C22H34F2N3O12P.C22H35FN3O13P.C20H30FN3O5.C19H29FN4O5.CH4/c1-12(2)37-20(29)32-10-35-40(31,36-11-33-21(30)38-13(3)4)34-9-22(14(5)23)18(28)17(24)19(39-22)27-8-7-16(25)26-15(27)6;1-13(2)37-20(29)32-11-35-40(31,36-12-33-21(30)38-14(3)4)34-10-22(7-9-27)18(28)17(23)19(39-22)26-8-6-16(24)25-15(26)5;1-7-20(10-27-18(25)11(2)3)16(28-19(26)12(4)5)15(21)17(29-20)24-9-8-14(22)23-13(24)6;1-7-19(9-27-17(25)10(2)3)15(28-18(26)11(4)5)14(20)16(29-19)24-12(6)23-13(21)8-22-24;/h7-8,12-14,17-19,28H,6,9-11H2,1-5H3,(H2,25,26);6,8,13-14,17-19,27-28H,5,7,9-12H2,1-4H3,(H2,24,25);8-9,11-12,15-17H,6-7,10H2,1-5H3,(H2,22,23);8,10-11,14-16H,6-7,9H2,1-5H3,(H2,21,23);1H4/t14?,17-,18+,19-,22+;17-,18+,19-,22-;15-,16+,17-,20-;14-,15+,16-,19-;/m1111./s1. The maximum absolute atomic E-state index is 15.6. The first-order chi connectivity index (χ1) is 64.3. The van der Waals surface area contributed by atoms with Crippen molar-refractivity contribution in [2.24, 2.45) is 71.7 Å². The van der Waals surface area contributed by atoms with Crippen LogP contribution in [0.15, 0.2) is 111 Å². The molecule has 1 unspecified atom stereocenters. The van der Waals surface area contributed by atoms with E-state index in [9.17, 15) is 67.2 Å². The molecule has 139 heavy (non-hydrogen) atoms. The maximum atomic E-state index is 15.6. The third-order valence-electron chi connectivity index (χ3n) is 20.0. The van der Waals surface area contributed by atoms with Gasteiger partial charge in [-0.25, -0.2) is 93.3 Å². The first kappa shape index (κ1) is 121. The van der Waals surface area contributed by atoms with Crippen LogP contribution >= 0.6 is 15.6 Å². The number of hydrogen-bond acceptors (Lipinski definition) is 48. The van der Waals surface area contributed by atoms with Gasteiger partial charge in [0.05, 0.1) is 67.5 Å². The fourth-order valence-corrected chi connectivity index (χ4v) is 14.5. The second-order valence-corrected chi connectivity index (χ2v) is 36.8. The summed E-state index contributed by atoms with van der Waals surface area (Å²) in [5.74, 6) is -2.98. The Bertz CT molecular complexity index is 4400. The van der Waals surface area contributed by atoms with Gasteiger partial charge in [0.2, 0.25) is 27.2 Å². The van der Waals surface area contributed by atoms with Crippen LogP contribution in [0.25, 0.3) is 0 Å². The molecule has 0 spiro atoms. The van der Waals surface area contributed by atoms with Crippen molar-refractivity contribution >= 4 is 93.7 Å². The number of hydrogen-bond donors (Lipinski definition) is 7. The van der Waals surface area contributed by atoms with Gasteiger partial charge in [0.25, 0.3) is 0 Å². The Morgan fingerprint density at radius 1 is 0.432 bits per heavy atom. The molecule has 8 rings (SSSR count). The molecule has 0 amide bonds. The van der Waals surface area contributed by atoms with Gasteiger partial charge in [-0.3, -0.25) is 28.2 Å². The first-order valence-electron chi connectivity index (χ1n) is 43.2. The summed E-state index contributed by atoms with van der Waals surface area (Å²) >= 11 is 0. The molecule has 4 saturated heterocycles. The van der Waals surface area contributed by atoms with Gasteiger partial charge in [-0.15, -0.1) is 0 Å². The lowest BCUT2D eigenvalue weighted by Crippen LogP contribution is -2.52. The van der Waals surface area contributed by atoms with Crippen molar-refractivity contribution in [1.82, 2.24) is 19.7 Å². The van der Waals surface area contributed by atoms with Gasteiger partial charge in [0.1, 0.15) is 95.0 Å². The summed E-state index contributed by atoms with van der Waals surface area (Å²) in [7, 11) is -9.66. The third-order valence-corrected chi connectivity index (χ3v) is 22.6. The first-order valence-corrected chi connectivity index (χ1v) is 46.2. The van der Waals surface area contributed by atoms with E-state index in [1.807, 2.05) is 0 Å². The summed E-state index contributed by atoms with van der Waals surface area (Å²) in [5, 5.41) is 36.2. The van der Waals surface area contributed by atoms with Crippen LogP contribution in [0.3, 0.4) is 0 Å². The molecule has 0 aromatic rings. The summed E-state index contributed by atoms with van der Waals surface area (Å²) in [6.45, 7) is 37.8. The van der Waals surface area contributed by atoms with E-state index in [1.165, 1.54) is 47.9 Å². The minimum absolute atomic E-state index is 0. The molecule has 8 aliphatic rings. The fraction of sp³-hybridized carbons (Fsp3) is 0.679. The largest absolute Gasteiger partial charge is 0.510 e. The number of halogens is 5. The van der Waals surface area contributed by atoms with E-state index in [1.54, 1.807) is 125 Å². The molecule has 0 saturated carbocycles. The number of phosphoric ester groups is 2. The highest BCUT2D eigenvalue weighted by Crippen LogP contribution is 2.55. The number of carbonyl (C=O) groups excluding carboxylic acids is 8. The lowest BCUT2D eigenvalue weighted by atomic mass is 9.92. The maximum Gasteiger partial charge on any atom is 0.510 e. The molecule has 4 fully saturated rings. The van der Waals surface area contributed by atoms with Gasteiger partial charge in [-0.2, -0.15) is 5.10 Å². The van der Waals surface area contributed by atoms with Crippen LogP contribution in [0.1, 0.15) is 158 Å². The predicted octanol–water partition coefficient (Wildman–Crippen LogP) is 9.63. The van der Waals surface area contributed by atoms with Gasteiger partial charge >= 0.3 is 64.1 Å². The second-order valence-electron chi connectivity index (χ2n) is 33.4.